The van der Waals surface area contributed by atoms with Crippen molar-refractivity contribution in [3.8, 4) is 0 Å². The van der Waals surface area contributed by atoms with Crippen molar-refractivity contribution in [2.75, 3.05) is 13.1 Å². The number of hydrogen-bond acceptors (Lipinski definition) is 3. The van der Waals surface area contributed by atoms with Crippen molar-refractivity contribution >= 4 is 10.0 Å². The minimum absolute atomic E-state index is 0.0887. The Kier molecular flexibility index (Phi) is 6.84. The summed E-state index contributed by atoms with van der Waals surface area (Å²) in [7, 11) is -3.43. The summed E-state index contributed by atoms with van der Waals surface area (Å²) in [6, 6.07) is 7.13. The lowest BCUT2D eigenvalue weighted by molar-refractivity contribution is 0.327. The SMILES string of the molecule is CCCc1ccc(S(=O)(=O)NCC(C)(C)CCCN)cc1. The van der Waals surface area contributed by atoms with Gasteiger partial charge in [-0.25, -0.2) is 13.1 Å². The predicted molar refractivity (Wildman–Crippen MR) is 87.7 cm³/mol. The van der Waals surface area contributed by atoms with Crippen LogP contribution in [0.25, 0.3) is 0 Å². The van der Waals surface area contributed by atoms with Gasteiger partial charge in [-0.3, -0.25) is 0 Å². The summed E-state index contributed by atoms with van der Waals surface area (Å²) in [6.07, 6.45) is 3.83. The molecule has 0 bridgehead atoms. The van der Waals surface area contributed by atoms with Crippen LogP contribution in [0.5, 0.6) is 0 Å². The summed E-state index contributed by atoms with van der Waals surface area (Å²) in [5.74, 6) is 0. The summed E-state index contributed by atoms with van der Waals surface area (Å²) in [5.41, 5.74) is 6.59. The van der Waals surface area contributed by atoms with Crippen molar-refractivity contribution in [1.82, 2.24) is 4.72 Å². The topological polar surface area (TPSA) is 72.2 Å². The number of nitrogens with one attached hydrogen (secondary N) is 1. The molecule has 0 aliphatic carbocycles. The molecule has 0 spiro atoms. The minimum atomic E-state index is -3.43. The first-order valence-corrected chi connectivity index (χ1v) is 9.08. The van der Waals surface area contributed by atoms with Crippen molar-refractivity contribution < 1.29 is 8.42 Å². The van der Waals surface area contributed by atoms with Crippen LogP contribution in [-0.2, 0) is 16.4 Å². The first-order chi connectivity index (χ1) is 9.80. The third kappa shape index (κ3) is 6.16. The van der Waals surface area contributed by atoms with Gasteiger partial charge in [0.1, 0.15) is 0 Å². The molecule has 0 aromatic heterocycles. The second-order valence-electron chi connectivity index (χ2n) is 6.27. The fourth-order valence-electron chi connectivity index (χ4n) is 2.17. The van der Waals surface area contributed by atoms with E-state index in [1.165, 1.54) is 5.56 Å². The van der Waals surface area contributed by atoms with Crippen molar-refractivity contribution in [3.05, 3.63) is 29.8 Å². The average molecular weight is 312 g/mol. The molecule has 0 atom stereocenters. The molecule has 1 rings (SSSR count). The van der Waals surface area contributed by atoms with Crippen LogP contribution in [-0.4, -0.2) is 21.5 Å². The lowest BCUT2D eigenvalue weighted by Gasteiger charge is -2.24. The number of sulfonamides is 1. The molecular formula is C16H28N2O2S. The fourth-order valence-corrected chi connectivity index (χ4v) is 3.41. The van der Waals surface area contributed by atoms with Gasteiger partial charge >= 0.3 is 0 Å². The van der Waals surface area contributed by atoms with Gasteiger partial charge in [0.25, 0.3) is 0 Å². The van der Waals surface area contributed by atoms with Crippen LogP contribution in [0.15, 0.2) is 29.2 Å². The van der Waals surface area contributed by atoms with Crippen molar-refractivity contribution in [2.24, 2.45) is 11.1 Å². The van der Waals surface area contributed by atoms with Gasteiger partial charge in [-0.2, -0.15) is 0 Å². The van der Waals surface area contributed by atoms with E-state index >= 15 is 0 Å². The zero-order valence-corrected chi connectivity index (χ0v) is 14.2. The highest BCUT2D eigenvalue weighted by atomic mass is 32.2. The molecule has 0 amide bonds. The smallest absolute Gasteiger partial charge is 0.240 e. The highest BCUT2D eigenvalue weighted by molar-refractivity contribution is 7.89. The Morgan fingerprint density at radius 2 is 1.81 bits per heavy atom. The molecule has 21 heavy (non-hydrogen) atoms. The zero-order chi connectivity index (χ0) is 15.9. The van der Waals surface area contributed by atoms with Crippen LogP contribution < -0.4 is 10.5 Å². The van der Waals surface area contributed by atoms with Crippen molar-refractivity contribution in [2.45, 2.75) is 51.3 Å². The van der Waals surface area contributed by atoms with Crippen LogP contribution in [0, 0.1) is 5.41 Å². The predicted octanol–water partition coefficient (Wildman–Crippen LogP) is 2.68. The first kappa shape index (κ1) is 18.1. The van der Waals surface area contributed by atoms with Gasteiger partial charge in [0.2, 0.25) is 10.0 Å². The molecule has 1 aromatic carbocycles. The molecule has 1 aromatic rings. The second kappa shape index (κ2) is 7.92. The molecule has 0 radical (unpaired) electrons. The Balaban J connectivity index is 2.68. The lowest BCUT2D eigenvalue weighted by Crippen LogP contribution is -2.34. The second-order valence-corrected chi connectivity index (χ2v) is 8.04. The molecule has 0 unspecified atom stereocenters. The Morgan fingerprint density at radius 1 is 1.19 bits per heavy atom. The number of aryl methyl sites for hydroxylation is 1. The molecular weight excluding hydrogens is 284 g/mol. The van der Waals surface area contributed by atoms with Crippen LogP contribution in [0.1, 0.15) is 45.6 Å². The zero-order valence-electron chi connectivity index (χ0n) is 13.4. The van der Waals surface area contributed by atoms with E-state index in [9.17, 15) is 8.42 Å². The van der Waals surface area contributed by atoms with E-state index in [1.807, 2.05) is 12.1 Å². The number of hydrogen-bond donors (Lipinski definition) is 2. The molecule has 0 saturated heterocycles. The van der Waals surface area contributed by atoms with Crippen LogP contribution >= 0.6 is 0 Å². The van der Waals surface area contributed by atoms with Gasteiger partial charge < -0.3 is 5.73 Å². The summed E-state index contributed by atoms with van der Waals surface area (Å²) < 4.78 is 27.3. The summed E-state index contributed by atoms with van der Waals surface area (Å²) >= 11 is 0. The number of rotatable bonds is 9. The normalized spacial score (nSPS) is 12.6. The van der Waals surface area contributed by atoms with Crippen LogP contribution in [0.2, 0.25) is 0 Å². The largest absolute Gasteiger partial charge is 0.330 e. The maximum atomic E-state index is 12.3. The van der Waals surface area contributed by atoms with E-state index in [2.05, 4.69) is 25.5 Å². The third-order valence-electron chi connectivity index (χ3n) is 3.57. The van der Waals surface area contributed by atoms with Gasteiger partial charge in [-0.1, -0.05) is 39.3 Å². The van der Waals surface area contributed by atoms with Crippen molar-refractivity contribution in [3.63, 3.8) is 0 Å². The molecule has 120 valence electrons. The number of nitrogens with two attached hydrogens (primary N) is 1. The Hall–Kier alpha value is -0.910. The highest BCUT2D eigenvalue weighted by Gasteiger charge is 2.21. The third-order valence-corrected chi connectivity index (χ3v) is 4.99. The molecule has 5 heteroatoms. The Labute approximate surface area is 129 Å². The van der Waals surface area contributed by atoms with Crippen molar-refractivity contribution in [1.29, 1.82) is 0 Å². The van der Waals surface area contributed by atoms with E-state index in [0.717, 1.165) is 25.7 Å². The average Bonchev–Trinajstić information content (AvgIpc) is 2.44. The van der Waals surface area contributed by atoms with E-state index < -0.39 is 10.0 Å². The minimum Gasteiger partial charge on any atom is -0.330 e. The van der Waals surface area contributed by atoms with Gasteiger partial charge in [0.05, 0.1) is 4.90 Å². The van der Waals surface area contributed by atoms with Crippen LogP contribution in [0.4, 0.5) is 0 Å². The van der Waals surface area contributed by atoms with Gasteiger partial charge in [-0.05, 0) is 48.9 Å². The van der Waals surface area contributed by atoms with E-state index in [1.54, 1.807) is 12.1 Å². The van der Waals surface area contributed by atoms with E-state index in [4.69, 9.17) is 5.73 Å². The maximum absolute atomic E-state index is 12.3. The first-order valence-electron chi connectivity index (χ1n) is 7.59. The molecule has 0 fully saturated rings. The Morgan fingerprint density at radius 3 is 2.33 bits per heavy atom. The Bertz CT molecular complexity index is 522. The number of benzene rings is 1. The monoisotopic (exact) mass is 312 g/mol. The lowest BCUT2D eigenvalue weighted by atomic mass is 9.88. The quantitative estimate of drug-likeness (QED) is 0.736. The van der Waals surface area contributed by atoms with Gasteiger partial charge in [0.15, 0.2) is 0 Å². The van der Waals surface area contributed by atoms with E-state index in [0.29, 0.717) is 18.0 Å². The summed E-state index contributed by atoms with van der Waals surface area (Å²) in [5, 5.41) is 0. The molecule has 4 nitrogen and oxygen atoms in total. The molecule has 0 aliphatic rings. The molecule has 0 aliphatic heterocycles. The molecule has 3 N–H and O–H groups in total. The molecule has 0 heterocycles. The van der Waals surface area contributed by atoms with Gasteiger partial charge in [-0.15, -0.1) is 0 Å². The summed E-state index contributed by atoms with van der Waals surface area (Å²) in [4.78, 5) is 0.331. The summed E-state index contributed by atoms with van der Waals surface area (Å²) in [6.45, 7) is 7.27. The maximum Gasteiger partial charge on any atom is 0.240 e. The fraction of sp³-hybridized carbons (Fsp3) is 0.625. The highest BCUT2D eigenvalue weighted by Crippen LogP contribution is 2.22. The van der Waals surface area contributed by atoms with Crippen LogP contribution in [0.3, 0.4) is 0 Å². The standard InChI is InChI=1S/C16H28N2O2S/c1-4-6-14-7-9-15(10-8-14)21(19,20)18-13-16(2,3)11-5-12-17/h7-10,18H,4-6,11-13,17H2,1-3H3. The molecule has 0 saturated carbocycles. The van der Waals surface area contributed by atoms with Gasteiger partial charge in [0, 0.05) is 6.54 Å². The van der Waals surface area contributed by atoms with E-state index in [-0.39, 0.29) is 5.41 Å².